The summed E-state index contributed by atoms with van der Waals surface area (Å²) in [7, 11) is 0. The van der Waals surface area contributed by atoms with Crippen LogP contribution < -0.4 is 5.73 Å². The Balaban J connectivity index is 2.64. The number of ether oxygens (including phenoxy) is 3. The molecule has 0 bridgehead atoms. The summed E-state index contributed by atoms with van der Waals surface area (Å²) < 4.78 is 15.7. The van der Waals surface area contributed by atoms with Crippen LogP contribution in [0.4, 0.5) is 0 Å². The molecule has 0 aliphatic carbocycles. The minimum atomic E-state index is -0.787. The molecule has 0 aromatic heterocycles. The molecule has 1 aromatic carbocycles. The highest BCUT2D eigenvalue weighted by Gasteiger charge is 2.40. The van der Waals surface area contributed by atoms with Crippen molar-refractivity contribution in [3.05, 3.63) is 57.6 Å². The highest BCUT2D eigenvalue weighted by molar-refractivity contribution is 6.30. The highest BCUT2D eigenvalue weighted by Crippen LogP contribution is 2.40. The Labute approximate surface area is 151 Å². The number of carbonyl (C=O) groups excluding carboxylic acids is 2. The molecule has 1 atom stereocenters. The molecule has 134 valence electrons. The molecule has 0 amide bonds. The summed E-state index contributed by atoms with van der Waals surface area (Å²) in [6.07, 6.45) is 0. The summed E-state index contributed by atoms with van der Waals surface area (Å²) >= 11 is 6.09. The van der Waals surface area contributed by atoms with Crippen LogP contribution in [0, 0.1) is 0 Å². The molecule has 0 radical (unpaired) electrons. The Morgan fingerprint density at radius 1 is 1.16 bits per heavy atom. The van der Waals surface area contributed by atoms with Crippen LogP contribution in [0.2, 0.25) is 5.02 Å². The molecule has 1 aromatic rings. The van der Waals surface area contributed by atoms with E-state index >= 15 is 0 Å². The maximum Gasteiger partial charge on any atom is 0.340 e. The van der Waals surface area contributed by atoms with Gasteiger partial charge in [0.1, 0.15) is 11.3 Å². The van der Waals surface area contributed by atoms with E-state index in [1.54, 1.807) is 45.0 Å². The molecule has 1 aliphatic heterocycles. The van der Waals surface area contributed by atoms with Crippen LogP contribution in [0.25, 0.3) is 0 Å². The third kappa shape index (κ3) is 3.96. The molecular formula is C18H20ClNO5. The minimum Gasteiger partial charge on any atom is -0.463 e. The summed E-state index contributed by atoms with van der Waals surface area (Å²) in [5.74, 6) is -1.85. The molecule has 0 unspecified atom stereocenters. The molecule has 7 heteroatoms. The van der Waals surface area contributed by atoms with E-state index in [2.05, 4.69) is 0 Å². The molecule has 25 heavy (non-hydrogen) atoms. The van der Waals surface area contributed by atoms with Crippen LogP contribution in [-0.4, -0.2) is 25.2 Å². The van der Waals surface area contributed by atoms with Gasteiger partial charge in [0.25, 0.3) is 0 Å². The third-order valence-corrected chi connectivity index (χ3v) is 3.89. The first-order valence-electron chi connectivity index (χ1n) is 7.88. The van der Waals surface area contributed by atoms with E-state index in [0.717, 1.165) is 0 Å². The standard InChI is InChI=1S/C18H20ClNO5/c1-4-23-17(21)13-10(3)25-16(20)15(18(22)24-5-2)14(13)11-7-6-8-12(19)9-11/h6-9,14H,4-5,20H2,1-3H3/t14-/m0/s1. The number of hydrogen-bond donors (Lipinski definition) is 1. The maximum absolute atomic E-state index is 12.5. The second-order valence-corrected chi connectivity index (χ2v) is 5.72. The van der Waals surface area contributed by atoms with Crippen LogP contribution in [0.3, 0.4) is 0 Å². The zero-order valence-corrected chi connectivity index (χ0v) is 15.1. The lowest BCUT2D eigenvalue weighted by Gasteiger charge is -2.28. The van der Waals surface area contributed by atoms with Gasteiger partial charge in [-0.15, -0.1) is 0 Å². The van der Waals surface area contributed by atoms with Gasteiger partial charge >= 0.3 is 11.9 Å². The molecule has 0 saturated carbocycles. The van der Waals surface area contributed by atoms with E-state index < -0.39 is 17.9 Å². The van der Waals surface area contributed by atoms with Gasteiger partial charge in [0.05, 0.1) is 24.7 Å². The Morgan fingerprint density at radius 3 is 2.32 bits per heavy atom. The Morgan fingerprint density at radius 2 is 1.76 bits per heavy atom. The summed E-state index contributed by atoms with van der Waals surface area (Å²) in [4.78, 5) is 25.0. The fourth-order valence-electron chi connectivity index (χ4n) is 2.68. The van der Waals surface area contributed by atoms with E-state index in [-0.39, 0.29) is 36.0 Å². The average Bonchev–Trinajstić information content (AvgIpc) is 2.54. The van der Waals surface area contributed by atoms with Crippen LogP contribution in [0.15, 0.2) is 47.1 Å². The number of hydrogen-bond acceptors (Lipinski definition) is 6. The fourth-order valence-corrected chi connectivity index (χ4v) is 2.88. The normalized spacial score (nSPS) is 17.2. The second kappa shape index (κ2) is 8.07. The lowest BCUT2D eigenvalue weighted by atomic mass is 9.82. The number of nitrogens with two attached hydrogens (primary N) is 1. The van der Waals surface area contributed by atoms with E-state index in [1.807, 2.05) is 0 Å². The van der Waals surface area contributed by atoms with Crippen molar-refractivity contribution < 1.29 is 23.8 Å². The number of halogens is 1. The van der Waals surface area contributed by atoms with Gasteiger partial charge in [-0.3, -0.25) is 0 Å². The van der Waals surface area contributed by atoms with Crippen molar-refractivity contribution in [2.75, 3.05) is 13.2 Å². The topological polar surface area (TPSA) is 87.9 Å². The van der Waals surface area contributed by atoms with E-state index in [4.69, 9.17) is 31.5 Å². The maximum atomic E-state index is 12.5. The van der Waals surface area contributed by atoms with Gasteiger partial charge < -0.3 is 19.9 Å². The molecule has 2 rings (SSSR count). The van der Waals surface area contributed by atoms with Crippen LogP contribution in [0.5, 0.6) is 0 Å². The highest BCUT2D eigenvalue weighted by atomic mass is 35.5. The number of benzene rings is 1. The molecule has 1 heterocycles. The molecular weight excluding hydrogens is 346 g/mol. The van der Waals surface area contributed by atoms with Crippen molar-refractivity contribution in [2.24, 2.45) is 5.73 Å². The Hall–Kier alpha value is -2.47. The summed E-state index contributed by atoms with van der Waals surface area (Å²) in [6, 6.07) is 6.84. The Bertz CT molecular complexity index is 714. The summed E-state index contributed by atoms with van der Waals surface area (Å²) in [5, 5.41) is 0.464. The van der Waals surface area contributed by atoms with Gasteiger partial charge in [0.2, 0.25) is 5.88 Å². The molecule has 1 aliphatic rings. The predicted octanol–water partition coefficient (Wildman–Crippen LogP) is 3.02. The van der Waals surface area contributed by atoms with Crippen molar-refractivity contribution in [3.8, 4) is 0 Å². The van der Waals surface area contributed by atoms with Crippen LogP contribution in [-0.2, 0) is 23.8 Å². The van der Waals surface area contributed by atoms with Crippen LogP contribution >= 0.6 is 11.6 Å². The lowest BCUT2D eigenvalue weighted by Crippen LogP contribution is -2.30. The third-order valence-electron chi connectivity index (χ3n) is 3.66. The van der Waals surface area contributed by atoms with Crippen molar-refractivity contribution in [3.63, 3.8) is 0 Å². The van der Waals surface area contributed by atoms with E-state index in [0.29, 0.717) is 10.6 Å². The molecule has 0 fully saturated rings. The number of rotatable bonds is 5. The largest absolute Gasteiger partial charge is 0.463 e. The second-order valence-electron chi connectivity index (χ2n) is 5.28. The van der Waals surface area contributed by atoms with Crippen molar-refractivity contribution in [1.82, 2.24) is 0 Å². The Kier molecular flexibility index (Phi) is 6.09. The monoisotopic (exact) mass is 365 g/mol. The van der Waals surface area contributed by atoms with Crippen molar-refractivity contribution >= 4 is 23.5 Å². The van der Waals surface area contributed by atoms with Gasteiger partial charge in [-0.25, -0.2) is 9.59 Å². The SMILES string of the molecule is CCOC(=O)C1=C(C)OC(N)=C(C(=O)OCC)[C@H]1c1cccc(Cl)c1. The van der Waals surface area contributed by atoms with Gasteiger partial charge in [-0.05, 0) is 38.5 Å². The first kappa shape index (κ1) is 18.9. The smallest absolute Gasteiger partial charge is 0.340 e. The van der Waals surface area contributed by atoms with Gasteiger partial charge in [-0.1, -0.05) is 23.7 Å². The van der Waals surface area contributed by atoms with Gasteiger partial charge in [-0.2, -0.15) is 0 Å². The molecule has 0 saturated heterocycles. The van der Waals surface area contributed by atoms with Gasteiger partial charge in [0, 0.05) is 5.02 Å². The molecule has 6 nitrogen and oxygen atoms in total. The van der Waals surface area contributed by atoms with E-state index in [1.165, 1.54) is 0 Å². The summed E-state index contributed by atoms with van der Waals surface area (Å²) in [5.41, 5.74) is 6.80. The predicted molar refractivity (Wildman–Crippen MR) is 92.5 cm³/mol. The first-order chi connectivity index (χ1) is 11.9. The molecule has 0 spiro atoms. The lowest BCUT2D eigenvalue weighted by molar-refractivity contribution is -0.140. The first-order valence-corrected chi connectivity index (χ1v) is 8.26. The van der Waals surface area contributed by atoms with Crippen molar-refractivity contribution in [1.29, 1.82) is 0 Å². The van der Waals surface area contributed by atoms with Crippen LogP contribution in [0.1, 0.15) is 32.3 Å². The van der Waals surface area contributed by atoms with E-state index in [9.17, 15) is 9.59 Å². The number of esters is 2. The van der Waals surface area contributed by atoms with Crippen molar-refractivity contribution in [2.45, 2.75) is 26.7 Å². The summed E-state index contributed by atoms with van der Waals surface area (Å²) in [6.45, 7) is 5.32. The quantitative estimate of drug-likeness (QED) is 0.807. The minimum absolute atomic E-state index is 0.0535. The number of carbonyl (C=O) groups is 2. The zero-order chi connectivity index (χ0) is 18.6. The van der Waals surface area contributed by atoms with Gasteiger partial charge in [0.15, 0.2) is 0 Å². The molecule has 2 N–H and O–H groups in total. The average molecular weight is 366 g/mol. The zero-order valence-electron chi connectivity index (χ0n) is 14.3. The number of allylic oxidation sites excluding steroid dienone is 1. The fraction of sp³-hybridized carbons (Fsp3) is 0.333.